The van der Waals surface area contributed by atoms with Gasteiger partial charge in [0, 0.05) is 25.7 Å². The summed E-state index contributed by atoms with van der Waals surface area (Å²) >= 11 is 0. The number of carbonyl (C=O) groups excluding carboxylic acids is 2. The van der Waals surface area contributed by atoms with Crippen LogP contribution in [0.2, 0.25) is 0 Å². The Morgan fingerprint density at radius 2 is 1.75 bits per heavy atom. The van der Waals surface area contributed by atoms with Crippen LogP contribution in [0.25, 0.3) is 0 Å². The van der Waals surface area contributed by atoms with Gasteiger partial charge in [0.05, 0.1) is 5.71 Å². The van der Waals surface area contributed by atoms with Gasteiger partial charge in [0.1, 0.15) is 6.10 Å². The number of ether oxygens (including phenoxy) is 1. The second kappa shape index (κ2) is 7.00. The van der Waals surface area contributed by atoms with E-state index in [1.54, 1.807) is 0 Å². The lowest BCUT2D eigenvalue weighted by molar-refractivity contribution is -0.148. The fraction of sp³-hybridized carbons (Fsp3) is 0.783. The molecule has 154 valence electrons. The maximum atomic E-state index is 11.4. The SMILES string of the molecule is CC(=O)O/N=C1\CC[C@H]2[C@@H]3CC=C4C[C@H](OC(C)=O)CC[C@]4(C)[C@H]3CC[C@]12C. The first-order valence-corrected chi connectivity index (χ1v) is 10.9. The van der Waals surface area contributed by atoms with Crippen LogP contribution in [0.4, 0.5) is 0 Å². The first-order valence-electron chi connectivity index (χ1n) is 10.9. The number of allylic oxidation sites excluding steroid dienone is 1. The van der Waals surface area contributed by atoms with Crippen molar-refractivity contribution in [3.8, 4) is 0 Å². The molecule has 5 nitrogen and oxygen atoms in total. The quantitative estimate of drug-likeness (QED) is 0.295. The van der Waals surface area contributed by atoms with Gasteiger partial charge < -0.3 is 9.57 Å². The van der Waals surface area contributed by atoms with E-state index < -0.39 is 0 Å². The number of rotatable bonds is 2. The number of nitrogens with zero attached hydrogens (tertiary/aromatic N) is 1. The summed E-state index contributed by atoms with van der Waals surface area (Å²) < 4.78 is 5.53. The minimum absolute atomic E-state index is 0.0520. The maximum absolute atomic E-state index is 11.4. The van der Waals surface area contributed by atoms with Gasteiger partial charge >= 0.3 is 11.9 Å². The number of carbonyl (C=O) groups is 2. The Hall–Kier alpha value is -1.65. The number of oxime groups is 1. The molecule has 0 N–H and O–H groups in total. The monoisotopic (exact) mass is 387 g/mol. The second-order valence-electron chi connectivity index (χ2n) is 9.85. The summed E-state index contributed by atoms with van der Waals surface area (Å²) in [4.78, 5) is 27.6. The van der Waals surface area contributed by atoms with Crippen molar-refractivity contribution in [1.82, 2.24) is 0 Å². The highest BCUT2D eigenvalue weighted by molar-refractivity contribution is 5.92. The molecule has 0 aromatic heterocycles. The van der Waals surface area contributed by atoms with Crippen molar-refractivity contribution < 1.29 is 19.2 Å². The van der Waals surface area contributed by atoms with Gasteiger partial charge in [0.25, 0.3) is 0 Å². The van der Waals surface area contributed by atoms with E-state index in [1.807, 2.05) is 0 Å². The summed E-state index contributed by atoms with van der Waals surface area (Å²) in [5, 5.41) is 4.26. The molecule has 0 heterocycles. The molecule has 3 saturated carbocycles. The van der Waals surface area contributed by atoms with Crippen LogP contribution in [0, 0.1) is 28.6 Å². The average Bonchev–Trinajstić information content (AvgIpc) is 2.96. The summed E-state index contributed by atoms with van der Waals surface area (Å²) in [6.45, 7) is 7.71. The predicted molar refractivity (Wildman–Crippen MR) is 106 cm³/mol. The lowest BCUT2D eigenvalue weighted by Gasteiger charge is -2.57. The van der Waals surface area contributed by atoms with Crippen molar-refractivity contribution in [2.24, 2.45) is 33.7 Å². The third kappa shape index (κ3) is 3.11. The van der Waals surface area contributed by atoms with Gasteiger partial charge in [-0.25, -0.2) is 4.79 Å². The zero-order chi connectivity index (χ0) is 20.1. The molecule has 5 heteroatoms. The zero-order valence-corrected chi connectivity index (χ0v) is 17.6. The molecule has 28 heavy (non-hydrogen) atoms. The second-order valence-corrected chi connectivity index (χ2v) is 9.85. The molecule has 0 aromatic carbocycles. The summed E-state index contributed by atoms with van der Waals surface area (Å²) in [6, 6.07) is 0. The van der Waals surface area contributed by atoms with E-state index in [2.05, 4.69) is 25.1 Å². The standard InChI is InChI=1S/C23H33NO4/c1-14(25)27-17-9-11-22(3)16(13-17)5-6-18-19-7-8-21(24-28-15(2)26)23(19,4)12-10-20(18)22/h5,17-20H,6-13H2,1-4H3/b24-21+/t17-,18+,19+,20+,22+,23+/m1/s1. The molecule has 0 unspecified atom stereocenters. The Balaban J connectivity index is 1.56. The highest BCUT2D eigenvalue weighted by Gasteiger charge is 2.58. The molecule has 3 fully saturated rings. The molecule has 0 aromatic rings. The topological polar surface area (TPSA) is 65.0 Å². The van der Waals surface area contributed by atoms with Crippen LogP contribution in [0.3, 0.4) is 0 Å². The van der Waals surface area contributed by atoms with E-state index in [0.29, 0.717) is 17.8 Å². The minimum atomic E-state index is -0.337. The Morgan fingerprint density at radius 1 is 1.04 bits per heavy atom. The van der Waals surface area contributed by atoms with Gasteiger partial charge in [-0.2, -0.15) is 0 Å². The Labute approximate surface area is 167 Å². The zero-order valence-electron chi connectivity index (χ0n) is 17.6. The van der Waals surface area contributed by atoms with Crippen molar-refractivity contribution in [3.05, 3.63) is 11.6 Å². The molecule has 0 radical (unpaired) electrons. The number of hydrogen-bond donors (Lipinski definition) is 0. The Bertz CT molecular complexity index is 741. The molecular weight excluding hydrogens is 354 g/mol. The molecule has 0 aliphatic heterocycles. The molecule has 0 bridgehead atoms. The molecule has 4 rings (SSSR count). The highest BCUT2D eigenvalue weighted by atomic mass is 16.7. The van der Waals surface area contributed by atoms with Gasteiger partial charge in [-0.05, 0) is 68.1 Å². The van der Waals surface area contributed by atoms with Crippen LogP contribution >= 0.6 is 0 Å². The highest BCUT2D eigenvalue weighted by Crippen LogP contribution is 2.64. The van der Waals surface area contributed by atoms with Crippen LogP contribution in [0.15, 0.2) is 16.8 Å². The first-order chi connectivity index (χ1) is 13.2. The van der Waals surface area contributed by atoms with E-state index in [9.17, 15) is 9.59 Å². The predicted octanol–water partition coefficient (Wildman–Crippen LogP) is 4.80. The van der Waals surface area contributed by atoms with Crippen LogP contribution in [0.5, 0.6) is 0 Å². The van der Waals surface area contributed by atoms with E-state index in [0.717, 1.165) is 50.7 Å². The third-order valence-electron chi connectivity index (χ3n) is 8.42. The van der Waals surface area contributed by atoms with Crippen LogP contribution in [0.1, 0.15) is 79.1 Å². The van der Waals surface area contributed by atoms with Gasteiger partial charge in [0.15, 0.2) is 0 Å². The van der Waals surface area contributed by atoms with Crippen molar-refractivity contribution in [1.29, 1.82) is 0 Å². The lowest BCUT2D eigenvalue weighted by atomic mass is 9.48. The molecular formula is C23H33NO4. The number of fused-ring (bicyclic) bond motifs is 5. The van der Waals surface area contributed by atoms with Gasteiger partial charge in [0.2, 0.25) is 0 Å². The van der Waals surface area contributed by atoms with E-state index in [4.69, 9.17) is 9.57 Å². The fourth-order valence-corrected chi connectivity index (χ4v) is 7.02. The molecule has 4 aliphatic rings. The van der Waals surface area contributed by atoms with Gasteiger partial charge in [-0.3, -0.25) is 4.79 Å². The smallest absolute Gasteiger partial charge is 0.331 e. The normalized spacial score (nSPS) is 43.4. The Kier molecular flexibility index (Phi) is 4.91. The van der Waals surface area contributed by atoms with Crippen LogP contribution in [-0.2, 0) is 19.2 Å². The summed E-state index contributed by atoms with van der Waals surface area (Å²) in [6.07, 6.45) is 11.0. The molecule has 0 saturated heterocycles. The van der Waals surface area contributed by atoms with Crippen LogP contribution < -0.4 is 0 Å². The van der Waals surface area contributed by atoms with Crippen molar-refractivity contribution in [2.45, 2.75) is 85.2 Å². The fourth-order valence-electron chi connectivity index (χ4n) is 7.02. The molecule has 0 spiro atoms. The molecule has 4 aliphatic carbocycles. The number of hydrogen-bond acceptors (Lipinski definition) is 5. The van der Waals surface area contributed by atoms with Gasteiger partial charge in [-0.1, -0.05) is 30.7 Å². The average molecular weight is 388 g/mol. The summed E-state index contributed by atoms with van der Waals surface area (Å²) in [7, 11) is 0. The van der Waals surface area contributed by atoms with Crippen LogP contribution in [-0.4, -0.2) is 23.8 Å². The minimum Gasteiger partial charge on any atom is -0.462 e. The Morgan fingerprint density at radius 3 is 2.46 bits per heavy atom. The number of esters is 1. The van der Waals surface area contributed by atoms with Gasteiger partial charge in [-0.15, -0.1) is 0 Å². The third-order valence-corrected chi connectivity index (χ3v) is 8.42. The van der Waals surface area contributed by atoms with E-state index in [-0.39, 0.29) is 28.9 Å². The summed E-state index contributed by atoms with van der Waals surface area (Å²) in [5.41, 5.74) is 2.90. The molecule has 0 amide bonds. The maximum Gasteiger partial charge on any atom is 0.331 e. The summed E-state index contributed by atoms with van der Waals surface area (Å²) in [5.74, 6) is 1.47. The molecule has 6 atom stereocenters. The largest absolute Gasteiger partial charge is 0.462 e. The van der Waals surface area contributed by atoms with E-state index in [1.165, 1.54) is 25.8 Å². The lowest BCUT2D eigenvalue weighted by Crippen LogP contribution is -2.50. The first kappa shape index (κ1) is 19.7. The van der Waals surface area contributed by atoms with Crippen molar-refractivity contribution >= 4 is 17.7 Å². The van der Waals surface area contributed by atoms with E-state index >= 15 is 0 Å². The van der Waals surface area contributed by atoms with Crippen molar-refractivity contribution in [2.75, 3.05) is 0 Å². The van der Waals surface area contributed by atoms with Crippen molar-refractivity contribution in [3.63, 3.8) is 0 Å².